The molecule has 1 aliphatic heterocycles. The first-order valence-corrected chi connectivity index (χ1v) is 5.69. The molecule has 0 unspecified atom stereocenters. The van der Waals surface area contributed by atoms with E-state index in [2.05, 4.69) is 4.99 Å². The minimum atomic E-state index is -0.347. The van der Waals surface area contributed by atoms with E-state index in [0.29, 0.717) is 12.1 Å². The third kappa shape index (κ3) is 2.69. The quantitative estimate of drug-likeness (QED) is 0.593. The number of nitrogens with two attached hydrogens (primary N) is 1. The van der Waals surface area contributed by atoms with Gasteiger partial charge in [0.05, 0.1) is 13.1 Å². The van der Waals surface area contributed by atoms with E-state index in [9.17, 15) is 14.7 Å². The van der Waals surface area contributed by atoms with Crippen molar-refractivity contribution in [2.24, 2.45) is 10.7 Å². The van der Waals surface area contributed by atoms with Crippen molar-refractivity contribution in [1.29, 1.82) is 0 Å². The van der Waals surface area contributed by atoms with Crippen LogP contribution in [0.25, 0.3) is 6.08 Å². The molecular formula is C13H13N3O3. The fourth-order valence-corrected chi connectivity index (χ4v) is 1.74. The molecule has 0 spiro atoms. The van der Waals surface area contributed by atoms with Gasteiger partial charge in [-0.3, -0.25) is 9.69 Å². The number of aldehydes is 1. The molecule has 1 aliphatic rings. The minimum absolute atomic E-state index is 0.0538. The SMILES string of the molecule is NCC1=N/C(=C\c2ccc(O)cc2)C(=O)N1CC=O. The second kappa shape index (κ2) is 5.45. The number of nitrogens with zero attached hydrogens (tertiary/aromatic N) is 2. The van der Waals surface area contributed by atoms with Gasteiger partial charge in [0, 0.05) is 0 Å². The van der Waals surface area contributed by atoms with Gasteiger partial charge in [0.15, 0.2) is 0 Å². The molecule has 0 radical (unpaired) electrons. The number of rotatable bonds is 4. The number of aromatic hydroxyl groups is 1. The standard InChI is InChI=1S/C13H13N3O3/c14-8-12-15-11(13(19)16(12)5-6-17)7-9-1-3-10(18)4-2-9/h1-4,6-7,18H,5,8,14H2/b11-7-. The number of hydrogen-bond acceptors (Lipinski definition) is 5. The first kappa shape index (κ1) is 13.0. The van der Waals surface area contributed by atoms with Crippen LogP contribution in [0.2, 0.25) is 0 Å². The Labute approximate surface area is 109 Å². The Hall–Kier alpha value is -2.47. The summed E-state index contributed by atoms with van der Waals surface area (Å²) < 4.78 is 0. The van der Waals surface area contributed by atoms with Crippen molar-refractivity contribution in [3.8, 4) is 5.75 Å². The van der Waals surface area contributed by atoms with Crippen molar-refractivity contribution >= 4 is 24.1 Å². The predicted molar refractivity (Wildman–Crippen MR) is 70.4 cm³/mol. The largest absolute Gasteiger partial charge is 0.508 e. The maximum atomic E-state index is 12.0. The lowest BCUT2D eigenvalue weighted by atomic mass is 10.2. The van der Waals surface area contributed by atoms with Crippen LogP contribution < -0.4 is 5.73 Å². The molecule has 0 atom stereocenters. The van der Waals surface area contributed by atoms with E-state index < -0.39 is 0 Å². The number of amidine groups is 1. The second-order valence-corrected chi connectivity index (χ2v) is 3.94. The summed E-state index contributed by atoms with van der Waals surface area (Å²) in [7, 11) is 0. The topological polar surface area (TPSA) is 96.0 Å². The Balaban J connectivity index is 2.30. The van der Waals surface area contributed by atoms with E-state index in [1.807, 2.05) is 0 Å². The molecule has 0 aromatic heterocycles. The molecule has 0 aliphatic carbocycles. The first-order valence-electron chi connectivity index (χ1n) is 5.69. The zero-order valence-electron chi connectivity index (χ0n) is 10.1. The highest BCUT2D eigenvalue weighted by Gasteiger charge is 2.28. The molecule has 1 heterocycles. The molecule has 1 amide bonds. The van der Waals surface area contributed by atoms with Crippen LogP contribution in [-0.2, 0) is 9.59 Å². The highest BCUT2D eigenvalue weighted by molar-refractivity contribution is 6.15. The number of amides is 1. The van der Waals surface area contributed by atoms with Crippen LogP contribution in [0, 0.1) is 0 Å². The molecule has 98 valence electrons. The van der Waals surface area contributed by atoms with E-state index in [1.165, 1.54) is 17.0 Å². The Morgan fingerprint density at radius 3 is 2.58 bits per heavy atom. The molecule has 0 saturated carbocycles. The van der Waals surface area contributed by atoms with E-state index >= 15 is 0 Å². The van der Waals surface area contributed by atoms with Gasteiger partial charge in [0.2, 0.25) is 0 Å². The van der Waals surface area contributed by atoms with Crippen LogP contribution >= 0.6 is 0 Å². The van der Waals surface area contributed by atoms with Crippen molar-refractivity contribution in [2.75, 3.05) is 13.1 Å². The number of benzene rings is 1. The van der Waals surface area contributed by atoms with Crippen LogP contribution in [0.1, 0.15) is 5.56 Å². The summed E-state index contributed by atoms with van der Waals surface area (Å²) in [6.45, 7) is 0.0360. The van der Waals surface area contributed by atoms with Gasteiger partial charge in [0.25, 0.3) is 5.91 Å². The molecule has 0 fully saturated rings. The highest BCUT2D eigenvalue weighted by Crippen LogP contribution is 2.19. The maximum absolute atomic E-state index is 12.0. The number of carbonyl (C=O) groups excluding carboxylic acids is 2. The second-order valence-electron chi connectivity index (χ2n) is 3.94. The van der Waals surface area contributed by atoms with E-state index in [0.717, 1.165) is 5.56 Å². The average molecular weight is 259 g/mol. The van der Waals surface area contributed by atoms with Crippen molar-refractivity contribution in [1.82, 2.24) is 4.90 Å². The summed E-state index contributed by atoms with van der Waals surface area (Å²) in [6.07, 6.45) is 2.22. The maximum Gasteiger partial charge on any atom is 0.278 e. The van der Waals surface area contributed by atoms with E-state index in [4.69, 9.17) is 5.73 Å². The predicted octanol–water partition coefficient (Wildman–Crippen LogP) is 0.131. The van der Waals surface area contributed by atoms with Crippen LogP contribution in [0.5, 0.6) is 5.75 Å². The molecule has 2 rings (SSSR count). The van der Waals surface area contributed by atoms with Crippen molar-refractivity contribution in [2.45, 2.75) is 0 Å². The van der Waals surface area contributed by atoms with Gasteiger partial charge in [-0.25, -0.2) is 4.99 Å². The van der Waals surface area contributed by atoms with Crippen LogP contribution in [0.15, 0.2) is 35.0 Å². The normalized spacial score (nSPS) is 16.9. The van der Waals surface area contributed by atoms with Crippen LogP contribution in [0.3, 0.4) is 0 Å². The smallest absolute Gasteiger partial charge is 0.278 e. The molecule has 19 heavy (non-hydrogen) atoms. The van der Waals surface area contributed by atoms with Crippen molar-refractivity contribution in [3.05, 3.63) is 35.5 Å². The number of carbonyl (C=O) groups is 2. The van der Waals surface area contributed by atoms with E-state index in [1.54, 1.807) is 18.2 Å². The summed E-state index contributed by atoms with van der Waals surface area (Å²) >= 11 is 0. The highest BCUT2D eigenvalue weighted by atomic mass is 16.3. The number of aliphatic imine (C=N–C) groups is 1. The van der Waals surface area contributed by atoms with Crippen LogP contribution in [-0.4, -0.2) is 41.1 Å². The van der Waals surface area contributed by atoms with Gasteiger partial charge >= 0.3 is 0 Å². The molecule has 1 aromatic carbocycles. The average Bonchev–Trinajstić information content (AvgIpc) is 2.70. The van der Waals surface area contributed by atoms with E-state index in [-0.39, 0.29) is 30.4 Å². The lowest BCUT2D eigenvalue weighted by Gasteiger charge is -2.12. The summed E-state index contributed by atoms with van der Waals surface area (Å²) in [6, 6.07) is 6.36. The summed E-state index contributed by atoms with van der Waals surface area (Å²) in [5, 5.41) is 9.18. The number of phenolic OH excluding ortho intramolecular Hbond substituents is 1. The fraction of sp³-hybridized carbons (Fsp3) is 0.154. The van der Waals surface area contributed by atoms with Gasteiger partial charge in [-0.15, -0.1) is 0 Å². The van der Waals surface area contributed by atoms with Gasteiger partial charge in [0.1, 0.15) is 23.6 Å². The Morgan fingerprint density at radius 1 is 1.32 bits per heavy atom. The third-order valence-electron chi connectivity index (χ3n) is 2.66. The molecular weight excluding hydrogens is 246 g/mol. The fourth-order valence-electron chi connectivity index (χ4n) is 1.74. The molecule has 0 saturated heterocycles. The first-order chi connectivity index (χ1) is 9.15. The lowest BCUT2D eigenvalue weighted by Crippen LogP contribution is -2.37. The summed E-state index contributed by atoms with van der Waals surface area (Å²) in [5.41, 5.74) is 6.45. The molecule has 6 nitrogen and oxygen atoms in total. The number of phenols is 1. The Kier molecular flexibility index (Phi) is 3.72. The lowest BCUT2D eigenvalue weighted by molar-refractivity contribution is -0.124. The minimum Gasteiger partial charge on any atom is -0.508 e. The zero-order valence-corrected chi connectivity index (χ0v) is 10.1. The molecule has 0 bridgehead atoms. The Bertz CT molecular complexity index is 561. The monoisotopic (exact) mass is 259 g/mol. The zero-order chi connectivity index (χ0) is 13.8. The summed E-state index contributed by atoms with van der Waals surface area (Å²) in [5.74, 6) is 0.177. The van der Waals surface area contributed by atoms with Crippen LogP contribution in [0.4, 0.5) is 0 Å². The van der Waals surface area contributed by atoms with Gasteiger partial charge in [-0.2, -0.15) is 0 Å². The van der Waals surface area contributed by atoms with Gasteiger partial charge in [-0.05, 0) is 23.8 Å². The van der Waals surface area contributed by atoms with Gasteiger partial charge < -0.3 is 15.6 Å². The molecule has 3 N–H and O–H groups in total. The third-order valence-corrected chi connectivity index (χ3v) is 2.66. The van der Waals surface area contributed by atoms with Crippen molar-refractivity contribution in [3.63, 3.8) is 0 Å². The number of hydrogen-bond donors (Lipinski definition) is 2. The summed E-state index contributed by atoms with van der Waals surface area (Å²) in [4.78, 5) is 27.9. The van der Waals surface area contributed by atoms with Crippen molar-refractivity contribution < 1.29 is 14.7 Å². The van der Waals surface area contributed by atoms with Gasteiger partial charge in [-0.1, -0.05) is 12.1 Å². The Morgan fingerprint density at radius 2 is 2.00 bits per heavy atom. The molecule has 1 aromatic rings. The molecule has 6 heteroatoms.